The topological polar surface area (TPSA) is 72.0 Å². The number of likely N-dealkylation sites (N-methyl/N-ethyl adjacent to an activating group) is 1. The maximum Gasteiger partial charge on any atom is 0.261 e. The second-order valence-corrected chi connectivity index (χ2v) is 5.91. The second-order valence-electron chi connectivity index (χ2n) is 5.91. The van der Waals surface area contributed by atoms with Gasteiger partial charge in [-0.2, -0.15) is 10.1 Å². The molecule has 1 saturated heterocycles. The Labute approximate surface area is 124 Å². The van der Waals surface area contributed by atoms with Crippen molar-refractivity contribution in [2.75, 3.05) is 26.7 Å². The zero-order valence-corrected chi connectivity index (χ0v) is 13.0. The van der Waals surface area contributed by atoms with E-state index < -0.39 is 0 Å². The number of nitrogens with zero attached hydrogens (tertiary/aromatic N) is 5. The molecule has 1 fully saturated rings. The molecule has 1 N–H and O–H groups in total. The zero-order valence-electron chi connectivity index (χ0n) is 13.0. The van der Waals surface area contributed by atoms with Crippen molar-refractivity contribution in [3.8, 4) is 11.5 Å². The molecule has 1 aliphatic heterocycles. The maximum atomic E-state index is 5.49. The molecular formula is C14H22N6O. The first-order valence-electron chi connectivity index (χ1n) is 7.34. The molecule has 7 nitrogen and oxygen atoms in total. The Kier molecular flexibility index (Phi) is 3.77. The lowest BCUT2D eigenvalue weighted by molar-refractivity contribution is 0.190. The van der Waals surface area contributed by atoms with Crippen molar-refractivity contribution in [2.45, 2.75) is 25.8 Å². The Morgan fingerprint density at radius 2 is 2.19 bits per heavy atom. The average Bonchev–Trinajstić information content (AvgIpc) is 3.05. The molecule has 0 aliphatic carbocycles. The monoisotopic (exact) mass is 290 g/mol. The van der Waals surface area contributed by atoms with Crippen LogP contribution in [0.25, 0.3) is 11.5 Å². The van der Waals surface area contributed by atoms with E-state index in [-0.39, 0.29) is 6.04 Å². The van der Waals surface area contributed by atoms with Crippen molar-refractivity contribution in [3.63, 3.8) is 0 Å². The van der Waals surface area contributed by atoms with Gasteiger partial charge in [0.1, 0.15) is 0 Å². The number of aryl methyl sites for hydroxylation is 1. The highest BCUT2D eigenvalue weighted by molar-refractivity contribution is 5.56. The van der Waals surface area contributed by atoms with E-state index in [9.17, 15) is 0 Å². The molecule has 21 heavy (non-hydrogen) atoms. The van der Waals surface area contributed by atoms with Gasteiger partial charge in [-0.05, 0) is 13.0 Å². The van der Waals surface area contributed by atoms with Crippen LogP contribution >= 0.6 is 0 Å². The van der Waals surface area contributed by atoms with Crippen molar-refractivity contribution >= 4 is 0 Å². The molecule has 0 aromatic carbocycles. The zero-order chi connectivity index (χ0) is 15.0. The van der Waals surface area contributed by atoms with Crippen LogP contribution in [0.4, 0.5) is 0 Å². The molecule has 1 atom stereocenters. The smallest absolute Gasteiger partial charge is 0.261 e. The molecule has 0 radical (unpaired) electrons. The highest BCUT2D eigenvalue weighted by Crippen LogP contribution is 2.28. The fourth-order valence-electron chi connectivity index (χ4n) is 2.67. The minimum Gasteiger partial charge on any atom is -0.334 e. The van der Waals surface area contributed by atoms with E-state index in [2.05, 4.69) is 46.4 Å². The minimum atomic E-state index is 0.162. The number of piperazine rings is 1. The fourth-order valence-corrected chi connectivity index (χ4v) is 2.67. The van der Waals surface area contributed by atoms with Gasteiger partial charge in [-0.3, -0.25) is 9.58 Å². The van der Waals surface area contributed by atoms with Crippen molar-refractivity contribution < 1.29 is 4.52 Å². The summed E-state index contributed by atoms with van der Waals surface area (Å²) in [6, 6.07) is 0.162. The second kappa shape index (κ2) is 5.57. The Balaban J connectivity index is 1.91. The van der Waals surface area contributed by atoms with Gasteiger partial charge >= 0.3 is 0 Å². The predicted octanol–water partition coefficient (Wildman–Crippen LogP) is 1.17. The summed E-state index contributed by atoms with van der Waals surface area (Å²) in [6.07, 6.45) is 1.94. The van der Waals surface area contributed by atoms with Crippen molar-refractivity contribution in [1.29, 1.82) is 0 Å². The van der Waals surface area contributed by atoms with E-state index in [1.807, 2.05) is 13.2 Å². The summed E-state index contributed by atoms with van der Waals surface area (Å²) in [5.41, 5.74) is 1.92. The molecular weight excluding hydrogens is 268 g/mol. The summed E-state index contributed by atoms with van der Waals surface area (Å²) in [5, 5.41) is 12.0. The summed E-state index contributed by atoms with van der Waals surface area (Å²) >= 11 is 0. The van der Waals surface area contributed by atoms with Gasteiger partial charge in [0.05, 0.1) is 17.3 Å². The van der Waals surface area contributed by atoms with Crippen LogP contribution in [0.15, 0.2) is 10.7 Å². The fraction of sp³-hybridized carbons (Fsp3) is 0.643. The molecule has 3 heterocycles. The first-order valence-corrected chi connectivity index (χ1v) is 7.34. The molecule has 1 unspecified atom stereocenters. The lowest BCUT2D eigenvalue weighted by atomic mass is 10.1. The van der Waals surface area contributed by atoms with Gasteiger partial charge in [0.15, 0.2) is 5.82 Å². The number of rotatable bonds is 3. The lowest BCUT2D eigenvalue weighted by Gasteiger charge is -2.30. The summed E-state index contributed by atoms with van der Waals surface area (Å²) in [5.74, 6) is 1.61. The van der Waals surface area contributed by atoms with Crippen molar-refractivity contribution in [2.24, 2.45) is 7.05 Å². The summed E-state index contributed by atoms with van der Waals surface area (Å²) in [7, 11) is 4.00. The van der Waals surface area contributed by atoms with E-state index in [0.29, 0.717) is 11.8 Å². The Bertz CT molecular complexity index is 617. The molecule has 7 heteroatoms. The van der Waals surface area contributed by atoms with Gasteiger partial charge in [-0.1, -0.05) is 19.0 Å². The predicted molar refractivity (Wildman–Crippen MR) is 78.8 cm³/mol. The van der Waals surface area contributed by atoms with E-state index in [0.717, 1.165) is 36.7 Å². The molecule has 0 spiro atoms. The molecule has 2 aromatic rings. The molecule has 0 saturated carbocycles. The van der Waals surface area contributed by atoms with Gasteiger partial charge < -0.3 is 9.84 Å². The highest BCUT2D eigenvalue weighted by atomic mass is 16.5. The van der Waals surface area contributed by atoms with Crippen LogP contribution in [-0.4, -0.2) is 51.5 Å². The summed E-state index contributed by atoms with van der Waals surface area (Å²) in [4.78, 5) is 6.85. The van der Waals surface area contributed by atoms with Crippen molar-refractivity contribution in [3.05, 3.63) is 17.7 Å². The van der Waals surface area contributed by atoms with Gasteiger partial charge in [-0.25, -0.2) is 0 Å². The third kappa shape index (κ3) is 2.71. The standard InChI is InChI=1S/C14H22N6O/c1-9(2)12-10(8-20(4)17-12)14-16-13(18-21-14)11-7-15-5-6-19(11)3/h8-9,11,15H,5-7H2,1-4H3. The van der Waals surface area contributed by atoms with E-state index in [4.69, 9.17) is 4.52 Å². The molecule has 3 rings (SSSR count). The van der Waals surface area contributed by atoms with Crippen LogP contribution in [-0.2, 0) is 7.05 Å². The molecule has 114 valence electrons. The molecule has 0 amide bonds. The number of aromatic nitrogens is 4. The average molecular weight is 290 g/mol. The van der Waals surface area contributed by atoms with E-state index in [1.54, 1.807) is 4.68 Å². The Morgan fingerprint density at radius 3 is 2.90 bits per heavy atom. The quantitative estimate of drug-likeness (QED) is 0.915. The minimum absolute atomic E-state index is 0.162. The number of nitrogens with one attached hydrogen (secondary N) is 1. The lowest BCUT2D eigenvalue weighted by Crippen LogP contribution is -2.44. The van der Waals surface area contributed by atoms with E-state index in [1.165, 1.54) is 0 Å². The van der Waals surface area contributed by atoms with Crippen LogP contribution in [0.5, 0.6) is 0 Å². The Hall–Kier alpha value is -1.73. The van der Waals surface area contributed by atoms with Crippen molar-refractivity contribution in [1.82, 2.24) is 30.1 Å². The third-order valence-corrected chi connectivity index (χ3v) is 3.89. The highest BCUT2D eigenvalue weighted by Gasteiger charge is 2.26. The van der Waals surface area contributed by atoms with Crippen LogP contribution in [0, 0.1) is 0 Å². The summed E-state index contributed by atoms with van der Waals surface area (Å²) < 4.78 is 7.28. The number of hydrogen-bond acceptors (Lipinski definition) is 6. The SMILES string of the molecule is CC(C)c1nn(C)cc1-c1nc(C2CNCCN2C)no1. The largest absolute Gasteiger partial charge is 0.334 e. The first-order chi connectivity index (χ1) is 10.1. The van der Waals surface area contributed by atoms with Gasteiger partial charge in [0.25, 0.3) is 5.89 Å². The first kappa shape index (κ1) is 14.2. The normalized spacial score (nSPS) is 20.3. The van der Waals surface area contributed by atoms with Crippen LogP contribution < -0.4 is 5.32 Å². The summed E-state index contributed by atoms with van der Waals surface area (Å²) in [6.45, 7) is 7.06. The van der Waals surface area contributed by atoms with E-state index >= 15 is 0 Å². The molecule has 2 aromatic heterocycles. The van der Waals surface area contributed by atoms with Gasteiger partial charge in [0, 0.05) is 32.9 Å². The number of hydrogen-bond donors (Lipinski definition) is 1. The maximum absolute atomic E-state index is 5.49. The van der Waals surface area contributed by atoms with Crippen LogP contribution in [0.3, 0.4) is 0 Å². The third-order valence-electron chi connectivity index (χ3n) is 3.89. The molecule has 1 aliphatic rings. The molecule has 0 bridgehead atoms. The Morgan fingerprint density at radius 1 is 1.38 bits per heavy atom. The van der Waals surface area contributed by atoms with Crippen LogP contribution in [0.2, 0.25) is 0 Å². The van der Waals surface area contributed by atoms with Gasteiger partial charge in [0.2, 0.25) is 0 Å². The van der Waals surface area contributed by atoms with Gasteiger partial charge in [-0.15, -0.1) is 0 Å². The van der Waals surface area contributed by atoms with Crippen LogP contribution in [0.1, 0.15) is 37.3 Å².